The summed E-state index contributed by atoms with van der Waals surface area (Å²) in [5.74, 6) is 0.409. The maximum atomic E-state index is 10.4. The van der Waals surface area contributed by atoms with Gasteiger partial charge < -0.3 is 10.0 Å². The van der Waals surface area contributed by atoms with Crippen LogP contribution in [0, 0.1) is 5.92 Å². The molecule has 70 valence electrons. The van der Waals surface area contributed by atoms with Gasteiger partial charge in [0.15, 0.2) is 0 Å². The molecule has 0 aromatic rings. The fraction of sp³-hybridized carbons (Fsp3) is 0.889. The third kappa shape index (κ3) is 2.21. The minimum absolute atomic E-state index is 0.168. The van der Waals surface area contributed by atoms with E-state index in [0.29, 0.717) is 5.92 Å². The molecule has 0 saturated carbocycles. The lowest BCUT2D eigenvalue weighted by molar-refractivity contribution is -0.120. The van der Waals surface area contributed by atoms with Crippen molar-refractivity contribution < 1.29 is 9.90 Å². The summed E-state index contributed by atoms with van der Waals surface area (Å²) in [7, 11) is 0. The van der Waals surface area contributed by atoms with Crippen molar-refractivity contribution in [3.63, 3.8) is 0 Å². The first kappa shape index (κ1) is 9.52. The highest BCUT2D eigenvalue weighted by Gasteiger charge is 2.22. The quantitative estimate of drug-likeness (QED) is 0.632. The Balaban J connectivity index is 2.30. The lowest BCUT2D eigenvalue weighted by Crippen LogP contribution is -2.36. The number of rotatable bonds is 3. The maximum absolute atomic E-state index is 10.4. The van der Waals surface area contributed by atoms with Crippen molar-refractivity contribution in [1.29, 1.82) is 0 Å². The topological polar surface area (TPSA) is 40.5 Å². The molecule has 12 heavy (non-hydrogen) atoms. The van der Waals surface area contributed by atoms with Crippen molar-refractivity contribution >= 4 is 6.41 Å². The molecule has 0 aromatic heterocycles. The van der Waals surface area contributed by atoms with Crippen molar-refractivity contribution in [2.75, 3.05) is 13.1 Å². The minimum Gasteiger partial charge on any atom is -0.393 e. The molecule has 1 heterocycles. The molecule has 1 saturated heterocycles. The summed E-state index contributed by atoms with van der Waals surface area (Å²) in [6, 6.07) is 0. The molecule has 1 atom stereocenters. The van der Waals surface area contributed by atoms with Crippen LogP contribution in [-0.2, 0) is 4.79 Å². The molecular formula is C9H17NO2. The Kier molecular flexibility index (Phi) is 3.53. The number of likely N-dealkylation sites (tertiary alicyclic amines) is 1. The standard InChI is InChI=1S/C9H17NO2/c1-2-9(12)8-3-5-10(7-11)6-4-8/h7-9,12H,2-6H2,1H3. The highest BCUT2D eigenvalue weighted by molar-refractivity contribution is 5.47. The maximum Gasteiger partial charge on any atom is 0.209 e. The van der Waals surface area contributed by atoms with Crippen molar-refractivity contribution in [2.24, 2.45) is 5.92 Å². The number of piperidine rings is 1. The molecule has 1 unspecified atom stereocenters. The van der Waals surface area contributed by atoms with E-state index in [0.717, 1.165) is 38.8 Å². The molecule has 0 spiro atoms. The van der Waals surface area contributed by atoms with Gasteiger partial charge in [-0.1, -0.05) is 6.92 Å². The first-order valence-electron chi connectivity index (χ1n) is 4.65. The minimum atomic E-state index is -0.168. The molecule has 0 radical (unpaired) electrons. The van der Waals surface area contributed by atoms with Gasteiger partial charge in [0.1, 0.15) is 0 Å². The number of carbonyl (C=O) groups is 1. The first-order valence-corrected chi connectivity index (χ1v) is 4.65. The van der Waals surface area contributed by atoms with Gasteiger partial charge in [-0.05, 0) is 25.2 Å². The molecule has 3 nitrogen and oxygen atoms in total. The molecule has 1 aliphatic heterocycles. The predicted molar refractivity (Wildman–Crippen MR) is 46.7 cm³/mol. The predicted octanol–water partition coefficient (Wildman–Crippen LogP) is 0.626. The van der Waals surface area contributed by atoms with Crippen molar-refractivity contribution in [3.8, 4) is 0 Å². The summed E-state index contributed by atoms with van der Waals surface area (Å²) >= 11 is 0. The molecule has 0 aromatic carbocycles. The Morgan fingerprint density at radius 1 is 1.58 bits per heavy atom. The molecule has 3 heteroatoms. The lowest BCUT2D eigenvalue weighted by Gasteiger charge is -2.31. The number of hydrogen-bond donors (Lipinski definition) is 1. The van der Waals surface area contributed by atoms with Crippen LogP contribution in [0.2, 0.25) is 0 Å². The fourth-order valence-electron chi connectivity index (χ4n) is 1.74. The van der Waals surface area contributed by atoms with Crippen LogP contribution >= 0.6 is 0 Å². The van der Waals surface area contributed by atoms with E-state index in [9.17, 15) is 9.90 Å². The van der Waals surface area contributed by atoms with Crippen molar-refractivity contribution in [2.45, 2.75) is 32.3 Å². The summed E-state index contributed by atoms with van der Waals surface area (Å²) < 4.78 is 0. The zero-order chi connectivity index (χ0) is 8.97. The molecule has 1 rings (SSSR count). The van der Waals surface area contributed by atoms with Crippen LogP contribution in [0.25, 0.3) is 0 Å². The van der Waals surface area contributed by atoms with E-state index in [1.54, 1.807) is 4.90 Å². The van der Waals surface area contributed by atoms with Gasteiger partial charge in [0.2, 0.25) is 6.41 Å². The van der Waals surface area contributed by atoms with Gasteiger partial charge in [0, 0.05) is 13.1 Å². The van der Waals surface area contributed by atoms with Crippen LogP contribution in [0.3, 0.4) is 0 Å². The highest BCUT2D eigenvalue weighted by atomic mass is 16.3. The first-order chi connectivity index (χ1) is 5.77. The molecule has 1 amide bonds. The monoisotopic (exact) mass is 171 g/mol. The number of nitrogens with zero attached hydrogens (tertiary/aromatic N) is 1. The number of aliphatic hydroxyl groups is 1. The highest BCUT2D eigenvalue weighted by Crippen LogP contribution is 2.21. The van der Waals surface area contributed by atoms with Crippen LogP contribution in [0.1, 0.15) is 26.2 Å². The fourth-order valence-corrected chi connectivity index (χ4v) is 1.74. The van der Waals surface area contributed by atoms with Gasteiger partial charge in [0.25, 0.3) is 0 Å². The van der Waals surface area contributed by atoms with Crippen LogP contribution in [-0.4, -0.2) is 35.6 Å². The van der Waals surface area contributed by atoms with Crippen LogP contribution < -0.4 is 0 Å². The van der Waals surface area contributed by atoms with Gasteiger partial charge in [-0.15, -0.1) is 0 Å². The van der Waals surface area contributed by atoms with E-state index >= 15 is 0 Å². The summed E-state index contributed by atoms with van der Waals surface area (Å²) in [5.41, 5.74) is 0. The van der Waals surface area contributed by atoms with E-state index in [1.165, 1.54) is 0 Å². The molecular weight excluding hydrogens is 154 g/mol. The number of amides is 1. The molecule has 0 bridgehead atoms. The molecule has 1 fully saturated rings. The normalized spacial score (nSPS) is 22.3. The summed E-state index contributed by atoms with van der Waals surface area (Å²) in [5, 5.41) is 9.53. The Bertz CT molecular complexity index is 141. The second-order valence-corrected chi connectivity index (χ2v) is 3.45. The summed E-state index contributed by atoms with van der Waals surface area (Å²) in [4.78, 5) is 12.1. The average Bonchev–Trinajstić information content (AvgIpc) is 2.17. The third-order valence-electron chi connectivity index (χ3n) is 2.69. The van der Waals surface area contributed by atoms with Gasteiger partial charge in [-0.2, -0.15) is 0 Å². The Hall–Kier alpha value is -0.570. The number of carbonyl (C=O) groups excluding carboxylic acids is 1. The second-order valence-electron chi connectivity index (χ2n) is 3.45. The van der Waals surface area contributed by atoms with E-state index < -0.39 is 0 Å². The largest absolute Gasteiger partial charge is 0.393 e. The average molecular weight is 171 g/mol. The van der Waals surface area contributed by atoms with Gasteiger partial charge in [-0.3, -0.25) is 4.79 Å². The molecule has 1 N–H and O–H groups in total. The summed E-state index contributed by atoms with van der Waals surface area (Å²) in [6.45, 7) is 3.62. The van der Waals surface area contributed by atoms with E-state index in [4.69, 9.17) is 0 Å². The van der Waals surface area contributed by atoms with Gasteiger partial charge in [-0.25, -0.2) is 0 Å². The second kappa shape index (κ2) is 4.45. The number of hydrogen-bond acceptors (Lipinski definition) is 2. The van der Waals surface area contributed by atoms with Gasteiger partial charge in [0.05, 0.1) is 6.10 Å². The SMILES string of the molecule is CCC(O)C1CCN(C=O)CC1. The zero-order valence-electron chi connectivity index (χ0n) is 7.57. The van der Waals surface area contributed by atoms with E-state index in [1.807, 2.05) is 6.92 Å². The zero-order valence-corrected chi connectivity index (χ0v) is 7.57. The Morgan fingerprint density at radius 3 is 2.58 bits per heavy atom. The lowest BCUT2D eigenvalue weighted by atomic mass is 9.90. The summed E-state index contributed by atoms with van der Waals surface area (Å²) in [6.07, 6.45) is 3.46. The Labute approximate surface area is 73.4 Å². The molecule has 0 aliphatic carbocycles. The van der Waals surface area contributed by atoms with Crippen LogP contribution in [0.5, 0.6) is 0 Å². The third-order valence-corrected chi connectivity index (χ3v) is 2.69. The van der Waals surface area contributed by atoms with Crippen molar-refractivity contribution in [1.82, 2.24) is 4.90 Å². The Morgan fingerprint density at radius 2 is 2.17 bits per heavy atom. The smallest absolute Gasteiger partial charge is 0.209 e. The van der Waals surface area contributed by atoms with E-state index in [2.05, 4.69) is 0 Å². The van der Waals surface area contributed by atoms with Gasteiger partial charge >= 0.3 is 0 Å². The molecule has 1 aliphatic rings. The van der Waals surface area contributed by atoms with E-state index in [-0.39, 0.29) is 6.10 Å². The number of aliphatic hydroxyl groups excluding tert-OH is 1. The van der Waals surface area contributed by atoms with Crippen LogP contribution in [0.4, 0.5) is 0 Å². The van der Waals surface area contributed by atoms with Crippen LogP contribution in [0.15, 0.2) is 0 Å². The van der Waals surface area contributed by atoms with Crippen molar-refractivity contribution in [3.05, 3.63) is 0 Å².